The van der Waals surface area contributed by atoms with E-state index in [1.54, 1.807) is 0 Å². The number of rotatable bonds is 1. The molecule has 0 fully saturated rings. The van der Waals surface area contributed by atoms with Crippen LogP contribution in [0.4, 0.5) is 0 Å². The van der Waals surface area contributed by atoms with Crippen molar-refractivity contribution in [2.45, 2.75) is 26.7 Å². The van der Waals surface area contributed by atoms with Crippen molar-refractivity contribution >= 4 is 23.1 Å². The summed E-state index contributed by atoms with van der Waals surface area (Å²) in [5.41, 5.74) is 16.2. The fourth-order valence-corrected chi connectivity index (χ4v) is 6.96. The van der Waals surface area contributed by atoms with E-state index in [1.165, 1.54) is 55.4 Å². The summed E-state index contributed by atoms with van der Waals surface area (Å²) in [5.74, 6) is 3.62. The summed E-state index contributed by atoms with van der Waals surface area (Å²) in [7, 11) is 0. The maximum atomic E-state index is 6.97. The molecule has 38 heavy (non-hydrogen) atoms. The molecule has 0 radical (unpaired) electrons. The molecule has 4 aliphatic rings. The molecule has 5 aromatic carbocycles. The van der Waals surface area contributed by atoms with E-state index in [4.69, 9.17) is 9.47 Å². The van der Waals surface area contributed by atoms with Crippen LogP contribution in [0.3, 0.4) is 0 Å². The van der Waals surface area contributed by atoms with Crippen LogP contribution in [0.1, 0.15) is 33.4 Å². The van der Waals surface area contributed by atoms with Gasteiger partial charge in [-0.2, -0.15) is 18.2 Å². The van der Waals surface area contributed by atoms with E-state index in [2.05, 4.69) is 86.6 Å². The Kier molecular flexibility index (Phi) is 4.53. The first-order chi connectivity index (χ1) is 18.1. The zero-order chi connectivity index (χ0) is 24.4. The van der Waals surface area contributed by atoms with E-state index in [-0.39, 0.29) is 25.6 Å². The Labute approximate surface area is 234 Å². The van der Waals surface area contributed by atoms with Crippen molar-refractivity contribution in [3.05, 3.63) is 112 Å². The van der Waals surface area contributed by atoms with Gasteiger partial charge in [0.25, 0.3) is 0 Å². The third-order valence-corrected chi connectivity index (χ3v) is 8.51. The molecule has 0 unspecified atom stereocenters. The first-order valence-electron chi connectivity index (χ1n) is 13.0. The van der Waals surface area contributed by atoms with E-state index < -0.39 is 0 Å². The number of hydrogen-bond acceptors (Lipinski definition) is 2. The Balaban J connectivity index is 0.00000225. The van der Waals surface area contributed by atoms with Gasteiger partial charge >= 0.3 is 18.9 Å². The predicted molar refractivity (Wildman–Crippen MR) is 148 cm³/mol. The third-order valence-electron chi connectivity index (χ3n) is 8.51. The molecule has 3 heterocycles. The van der Waals surface area contributed by atoms with Crippen molar-refractivity contribution in [3.8, 4) is 45.3 Å². The topological polar surface area (TPSA) is 18.5 Å². The maximum Gasteiger partial charge on any atom is 1.00 e. The van der Waals surface area contributed by atoms with Gasteiger partial charge in [-0.1, -0.05) is 54.3 Å². The van der Waals surface area contributed by atoms with Gasteiger partial charge in [0.15, 0.2) is 0 Å². The Morgan fingerprint density at radius 2 is 1.58 bits per heavy atom. The Bertz CT molecular complexity index is 1870. The summed E-state index contributed by atoms with van der Waals surface area (Å²) < 4.78 is 13.5. The number of benzene rings is 5. The number of aryl methyl sites for hydroxylation is 2. The van der Waals surface area contributed by atoms with Gasteiger partial charge in [-0.25, -0.2) is 11.1 Å². The molecule has 0 N–H and O–H groups in total. The maximum absolute atomic E-state index is 6.97. The van der Waals surface area contributed by atoms with Crippen molar-refractivity contribution < 1.29 is 28.3 Å². The molecular formula is C34H21BLiO2-. The molecule has 1 aliphatic carbocycles. The van der Waals surface area contributed by atoms with Crippen LogP contribution in [0, 0.1) is 26.0 Å². The van der Waals surface area contributed by atoms with Gasteiger partial charge < -0.3 is 9.47 Å². The summed E-state index contributed by atoms with van der Waals surface area (Å²) in [6.07, 6.45) is 1.86. The zero-order valence-electron chi connectivity index (χ0n) is 21.7. The van der Waals surface area contributed by atoms with Gasteiger partial charge in [-0.3, -0.25) is 0 Å². The summed E-state index contributed by atoms with van der Waals surface area (Å²) in [6.45, 7) is 4.38. The van der Waals surface area contributed by atoms with Crippen molar-refractivity contribution in [2.75, 3.05) is 0 Å². The second-order valence-corrected chi connectivity index (χ2v) is 10.9. The first-order valence-corrected chi connectivity index (χ1v) is 13.0. The molecule has 5 aromatic rings. The van der Waals surface area contributed by atoms with E-state index >= 15 is 0 Å². The minimum Gasteiger partial charge on any atom is -0.478 e. The third kappa shape index (κ3) is 2.87. The zero-order valence-corrected chi connectivity index (χ0v) is 21.7. The molecule has 9 rings (SSSR count). The molecule has 3 aliphatic heterocycles. The van der Waals surface area contributed by atoms with Gasteiger partial charge in [0.1, 0.15) is 11.5 Å². The van der Waals surface area contributed by atoms with Crippen molar-refractivity contribution in [2.24, 2.45) is 0 Å². The molecule has 0 saturated carbocycles. The van der Waals surface area contributed by atoms with Crippen LogP contribution >= 0.6 is 0 Å². The van der Waals surface area contributed by atoms with Gasteiger partial charge in [0.2, 0.25) is 6.71 Å². The smallest absolute Gasteiger partial charge is 0.478 e. The molecule has 0 atom stereocenters. The predicted octanol–water partition coefficient (Wildman–Crippen LogP) is 2.78. The van der Waals surface area contributed by atoms with Crippen LogP contribution in [0.15, 0.2) is 66.7 Å². The molecule has 0 amide bonds. The Hall–Kier alpha value is -3.64. The van der Waals surface area contributed by atoms with Gasteiger partial charge in [0.05, 0.1) is 0 Å². The average Bonchev–Trinajstić information content (AvgIpc) is 3.26. The molecule has 174 valence electrons. The van der Waals surface area contributed by atoms with Crippen LogP contribution in [0.25, 0.3) is 22.3 Å². The van der Waals surface area contributed by atoms with Crippen LogP contribution in [0.2, 0.25) is 0 Å². The van der Waals surface area contributed by atoms with Crippen LogP contribution in [-0.4, -0.2) is 6.71 Å². The van der Waals surface area contributed by atoms with Crippen LogP contribution < -0.4 is 44.7 Å². The van der Waals surface area contributed by atoms with E-state index in [9.17, 15) is 0 Å². The SMILES string of the molecule is Cc1cc[c-]c(-c2[c-]c3c4c(c2)Oc2c5c(cc6c2-c2cc(C)ccc2C6)Cc2cccc(c2B45)O3)c1.[Li+]. The minimum atomic E-state index is 0. The van der Waals surface area contributed by atoms with Gasteiger partial charge in [-0.05, 0) is 64.6 Å². The van der Waals surface area contributed by atoms with Crippen molar-refractivity contribution in [1.82, 2.24) is 0 Å². The average molecular weight is 479 g/mol. The van der Waals surface area contributed by atoms with Gasteiger partial charge in [-0.15, -0.1) is 23.8 Å². The molecule has 0 saturated heterocycles. The Morgan fingerprint density at radius 1 is 0.711 bits per heavy atom. The van der Waals surface area contributed by atoms with E-state index in [1.807, 2.05) is 6.07 Å². The van der Waals surface area contributed by atoms with Crippen LogP contribution in [0.5, 0.6) is 23.0 Å². The molecule has 2 nitrogen and oxygen atoms in total. The first kappa shape index (κ1) is 22.4. The number of hydrogen-bond donors (Lipinski definition) is 0. The van der Waals surface area contributed by atoms with Gasteiger partial charge in [0, 0.05) is 17.1 Å². The number of ether oxygens (including phenoxy) is 2. The molecular weight excluding hydrogens is 458 g/mol. The second-order valence-electron chi connectivity index (χ2n) is 10.9. The van der Waals surface area contributed by atoms with Crippen molar-refractivity contribution in [3.63, 3.8) is 0 Å². The normalized spacial score (nSPS) is 14.0. The molecule has 0 bridgehead atoms. The summed E-state index contributed by atoms with van der Waals surface area (Å²) in [5, 5.41) is 0. The van der Waals surface area contributed by atoms with Crippen LogP contribution in [-0.2, 0) is 12.8 Å². The van der Waals surface area contributed by atoms with Crippen molar-refractivity contribution in [1.29, 1.82) is 0 Å². The largest absolute Gasteiger partial charge is 1.00 e. The molecule has 0 aromatic heterocycles. The standard InChI is InChI=1S/C34H21BO2.Li/c1-18-5-3-6-20(11-18)23-16-28-33-29(17-23)37-34-30-24(13-21-10-9-19(2)12-26(21)30)15-25-14-22-7-4-8-27(36-28)31(22)35(33)32(25)34;/h3-5,7-12,15,17H,13-14H2,1-2H3;/q-2;+1. The minimum absolute atomic E-state index is 0. The fraction of sp³-hybridized carbons (Fsp3) is 0.118. The monoisotopic (exact) mass is 479 g/mol. The molecule has 0 spiro atoms. The second kappa shape index (κ2) is 7.70. The van der Waals surface area contributed by atoms with E-state index in [0.717, 1.165) is 52.4 Å². The Morgan fingerprint density at radius 3 is 2.47 bits per heavy atom. The quantitative estimate of drug-likeness (QED) is 0.267. The summed E-state index contributed by atoms with van der Waals surface area (Å²) >= 11 is 0. The summed E-state index contributed by atoms with van der Waals surface area (Å²) in [6, 6.07) is 31.1. The number of fused-ring (bicyclic) bond motifs is 4. The van der Waals surface area contributed by atoms with E-state index in [0.29, 0.717) is 0 Å². The molecule has 4 heteroatoms. The fourth-order valence-electron chi connectivity index (χ4n) is 6.96. The summed E-state index contributed by atoms with van der Waals surface area (Å²) in [4.78, 5) is 0.